The van der Waals surface area contributed by atoms with E-state index in [1.54, 1.807) is 18.2 Å². The summed E-state index contributed by atoms with van der Waals surface area (Å²) in [5.41, 5.74) is 6.77. The van der Waals surface area contributed by atoms with Gasteiger partial charge in [-0.15, -0.1) is 0 Å². The fourth-order valence-electron chi connectivity index (χ4n) is 2.17. The highest BCUT2D eigenvalue weighted by Gasteiger charge is 2.26. The molecule has 3 N–H and O–H groups in total. The summed E-state index contributed by atoms with van der Waals surface area (Å²) in [7, 11) is -3.48. The number of hydrogen-bond acceptors (Lipinski definition) is 3. The van der Waals surface area contributed by atoms with Crippen LogP contribution in [0.15, 0.2) is 22.7 Å². The van der Waals surface area contributed by atoms with Crippen molar-refractivity contribution in [2.45, 2.75) is 19.8 Å². The highest BCUT2D eigenvalue weighted by atomic mass is 79.9. The predicted octanol–water partition coefficient (Wildman–Crippen LogP) is 2.42. The Balaban J connectivity index is 2.14. The molecule has 0 spiro atoms. The van der Waals surface area contributed by atoms with Gasteiger partial charge in [0.1, 0.15) is 0 Å². The van der Waals surface area contributed by atoms with Crippen molar-refractivity contribution in [3.05, 3.63) is 22.7 Å². The summed E-state index contributed by atoms with van der Waals surface area (Å²) in [6, 6.07) is 4.99. The van der Waals surface area contributed by atoms with E-state index in [-0.39, 0.29) is 0 Å². The first-order chi connectivity index (χ1) is 8.88. The van der Waals surface area contributed by atoms with Crippen LogP contribution >= 0.6 is 15.9 Å². The number of nitrogens with two attached hydrogens (primary N) is 1. The normalized spacial score (nSPS) is 21.3. The van der Waals surface area contributed by atoms with E-state index >= 15 is 0 Å². The minimum atomic E-state index is -3.48. The van der Waals surface area contributed by atoms with Crippen LogP contribution in [-0.2, 0) is 10.2 Å². The van der Waals surface area contributed by atoms with Crippen molar-refractivity contribution >= 4 is 37.5 Å². The van der Waals surface area contributed by atoms with Gasteiger partial charge in [0.25, 0.3) is 0 Å². The Labute approximate surface area is 122 Å². The van der Waals surface area contributed by atoms with Crippen molar-refractivity contribution < 1.29 is 8.42 Å². The maximum atomic E-state index is 12.3. The molecule has 1 aliphatic heterocycles. The molecule has 1 fully saturated rings. The van der Waals surface area contributed by atoms with Gasteiger partial charge in [0, 0.05) is 23.2 Å². The zero-order valence-corrected chi connectivity index (χ0v) is 13.2. The average molecular weight is 348 g/mol. The fourth-order valence-corrected chi connectivity index (χ4v) is 3.92. The minimum Gasteiger partial charge on any atom is -0.398 e. The lowest BCUT2D eigenvalue weighted by atomic mass is 10.0. The zero-order chi connectivity index (χ0) is 14.0. The summed E-state index contributed by atoms with van der Waals surface area (Å²) in [6.45, 7) is 3.22. The molecular formula is C12H18BrN3O2S. The molecule has 0 bridgehead atoms. The lowest BCUT2D eigenvalue weighted by Gasteiger charge is -2.30. The molecule has 0 radical (unpaired) electrons. The molecule has 1 saturated heterocycles. The summed E-state index contributed by atoms with van der Waals surface area (Å²) < 4.78 is 29.3. The van der Waals surface area contributed by atoms with E-state index in [0.29, 0.717) is 34.9 Å². The van der Waals surface area contributed by atoms with Crippen LogP contribution in [0.1, 0.15) is 19.8 Å². The molecule has 1 unspecified atom stereocenters. The van der Waals surface area contributed by atoms with Gasteiger partial charge in [0.05, 0.1) is 5.69 Å². The number of halogens is 1. The van der Waals surface area contributed by atoms with Crippen LogP contribution in [0.5, 0.6) is 0 Å². The van der Waals surface area contributed by atoms with Crippen molar-refractivity contribution in [3.63, 3.8) is 0 Å². The summed E-state index contributed by atoms with van der Waals surface area (Å²) in [5, 5.41) is 0. The van der Waals surface area contributed by atoms with Crippen molar-refractivity contribution in [2.24, 2.45) is 5.92 Å². The second kappa shape index (κ2) is 5.68. The zero-order valence-electron chi connectivity index (χ0n) is 10.8. The molecule has 2 rings (SSSR count). The van der Waals surface area contributed by atoms with Gasteiger partial charge in [0.15, 0.2) is 0 Å². The lowest BCUT2D eigenvalue weighted by Crippen LogP contribution is -2.42. The third-order valence-electron chi connectivity index (χ3n) is 3.21. The Hall–Kier alpha value is -0.790. The van der Waals surface area contributed by atoms with Gasteiger partial charge >= 0.3 is 10.2 Å². The van der Waals surface area contributed by atoms with E-state index in [4.69, 9.17) is 5.73 Å². The van der Waals surface area contributed by atoms with Crippen LogP contribution in [0.4, 0.5) is 11.4 Å². The van der Waals surface area contributed by atoms with Gasteiger partial charge < -0.3 is 5.73 Å². The van der Waals surface area contributed by atoms with Crippen molar-refractivity contribution in [1.29, 1.82) is 0 Å². The van der Waals surface area contributed by atoms with Gasteiger partial charge in [-0.05, 0) is 52.9 Å². The Bertz CT molecular complexity index is 562. The first-order valence-electron chi connectivity index (χ1n) is 6.21. The van der Waals surface area contributed by atoms with Crippen molar-refractivity contribution in [1.82, 2.24) is 4.31 Å². The van der Waals surface area contributed by atoms with Gasteiger partial charge in [-0.25, -0.2) is 0 Å². The minimum absolute atomic E-state index is 0.406. The van der Waals surface area contributed by atoms with Crippen LogP contribution in [0.3, 0.4) is 0 Å². The van der Waals surface area contributed by atoms with Crippen LogP contribution < -0.4 is 10.5 Å². The number of nitrogen functional groups attached to an aromatic ring is 1. The third kappa shape index (κ3) is 3.61. The van der Waals surface area contributed by atoms with E-state index in [9.17, 15) is 8.42 Å². The first kappa shape index (κ1) is 14.6. The molecule has 0 aromatic heterocycles. The van der Waals surface area contributed by atoms with E-state index in [1.165, 1.54) is 4.31 Å². The Morgan fingerprint density at radius 2 is 2.21 bits per heavy atom. The molecule has 0 amide bonds. The van der Waals surface area contributed by atoms with Crippen LogP contribution in [0, 0.1) is 5.92 Å². The fraction of sp³-hybridized carbons (Fsp3) is 0.500. The molecule has 1 aromatic carbocycles. The number of nitrogens with one attached hydrogen (secondary N) is 1. The lowest BCUT2D eigenvalue weighted by molar-refractivity contribution is 0.282. The number of hydrogen-bond donors (Lipinski definition) is 2. The van der Waals surface area contributed by atoms with Crippen molar-refractivity contribution in [2.75, 3.05) is 23.5 Å². The molecule has 1 aliphatic rings. The van der Waals surface area contributed by atoms with E-state index in [0.717, 1.165) is 12.8 Å². The van der Waals surface area contributed by atoms with E-state index < -0.39 is 10.2 Å². The summed E-state index contributed by atoms with van der Waals surface area (Å²) in [6.07, 6.45) is 1.99. The van der Waals surface area contributed by atoms with E-state index in [2.05, 4.69) is 27.6 Å². The molecule has 1 atom stereocenters. The molecule has 106 valence electrons. The topological polar surface area (TPSA) is 75.4 Å². The summed E-state index contributed by atoms with van der Waals surface area (Å²) in [4.78, 5) is 0. The van der Waals surface area contributed by atoms with Crippen LogP contribution in [0.2, 0.25) is 0 Å². The average Bonchev–Trinajstić information content (AvgIpc) is 2.33. The number of rotatable bonds is 3. The maximum Gasteiger partial charge on any atom is 0.301 e. The Morgan fingerprint density at radius 3 is 2.84 bits per heavy atom. The summed E-state index contributed by atoms with van der Waals surface area (Å²) in [5.74, 6) is 0.406. The summed E-state index contributed by atoms with van der Waals surface area (Å²) >= 11 is 3.29. The van der Waals surface area contributed by atoms with Gasteiger partial charge in [0.2, 0.25) is 0 Å². The first-order valence-corrected chi connectivity index (χ1v) is 8.45. The third-order valence-corrected chi connectivity index (χ3v) is 5.40. The van der Waals surface area contributed by atoms with Crippen LogP contribution in [-0.4, -0.2) is 25.8 Å². The molecule has 0 saturated carbocycles. The Kier molecular flexibility index (Phi) is 4.37. The highest BCUT2D eigenvalue weighted by molar-refractivity contribution is 9.10. The second-order valence-electron chi connectivity index (χ2n) is 4.95. The molecule has 1 aromatic rings. The second-order valence-corrected chi connectivity index (χ2v) is 7.47. The van der Waals surface area contributed by atoms with Crippen molar-refractivity contribution in [3.8, 4) is 0 Å². The van der Waals surface area contributed by atoms with Gasteiger partial charge in [-0.3, -0.25) is 4.72 Å². The SMILES string of the molecule is CC1CCCN(S(=O)(=O)Nc2ccc(N)c(Br)c2)C1. The van der Waals surface area contributed by atoms with E-state index in [1.807, 2.05) is 0 Å². The Morgan fingerprint density at radius 1 is 1.47 bits per heavy atom. The van der Waals surface area contributed by atoms with Gasteiger partial charge in [-0.1, -0.05) is 6.92 Å². The largest absolute Gasteiger partial charge is 0.398 e. The smallest absolute Gasteiger partial charge is 0.301 e. The quantitative estimate of drug-likeness (QED) is 0.824. The highest BCUT2D eigenvalue weighted by Crippen LogP contribution is 2.25. The molecular weight excluding hydrogens is 330 g/mol. The number of benzene rings is 1. The molecule has 1 heterocycles. The standard InChI is InChI=1S/C12H18BrN3O2S/c1-9-3-2-6-16(8-9)19(17,18)15-10-4-5-12(14)11(13)7-10/h4-5,7,9,15H,2-3,6,8,14H2,1H3. The molecule has 19 heavy (non-hydrogen) atoms. The predicted molar refractivity (Wildman–Crippen MR) is 81.1 cm³/mol. The maximum absolute atomic E-state index is 12.3. The number of anilines is 2. The number of piperidine rings is 1. The molecule has 7 heteroatoms. The number of nitrogens with zero attached hydrogens (tertiary/aromatic N) is 1. The van der Waals surface area contributed by atoms with Crippen LogP contribution in [0.25, 0.3) is 0 Å². The molecule has 0 aliphatic carbocycles. The monoisotopic (exact) mass is 347 g/mol. The van der Waals surface area contributed by atoms with Gasteiger partial charge in [-0.2, -0.15) is 12.7 Å². The molecule has 5 nitrogen and oxygen atoms in total.